The van der Waals surface area contributed by atoms with E-state index in [4.69, 9.17) is 9.47 Å². The highest BCUT2D eigenvalue weighted by Gasteiger charge is 2.19. The third kappa shape index (κ3) is 4.99. The van der Waals surface area contributed by atoms with Crippen LogP contribution in [-0.4, -0.2) is 44.7 Å². The quantitative estimate of drug-likeness (QED) is 0.406. The van der Waals surface area contributed by atoms with Crippen molar-refractivity contribution in [2.45, 2.75) is 0 Å². The first-order chi connectivity index (χ1) is 16.9. The largest absolute Gasteiger partial charge is 0.495 e. The van der Waals surface area contributed by atoms with E-state index in [2.05, 4.69) is 16.4 Å². The molecule has 35 heavy (non-hydrogen) atoms. The first kappa shape index (κ1) is 23.9. The summed E-state index contributed by atoms with van der Waals surface area (Å²) in [6, 6.07) is 16.4. The molecule has 0 saturated heterocycles. The number of benzene rings is 2. The number of thiophene rings is 1. The highest BCUT2D eigenvalue weighted by atomic mass is 32.1. The average molecular weight is 487 g/mol. The van der Waals surface area contributed by atoms with Crippen molar-refractivity contribution >= 4 is 44.6 Å². The number of ether oxygens (including phenoxy) is 2. The summed E-state index contributed by atoms with van der Waals surface area (Å²) in [5.41, 5.74) is 3.48. The molecule has 2 aromatic carbocycles. The molecule has 1 N–H and O–H groups in total. The predicted octanol–water partition coefficient (Wildman–Crippen LogP) is 4.71. The number of nitrogens with zero attached hydrogens (tertiary/aromatic N) is 3. The summed E-state index contributed by atoms with van der Waals surface area (Å²) in [6.45, 7) is -0.0135. The number of pyridine rings is 1. The molecular weight excluding hydrogens is 464 g/mol. The highest BCUT2D eigenvalue weighted by molar-refractivity contribution is 7.21. The van der Waals surface area contributed by atoms with E-state index in [9.17, 15) is 14.9 Å². The van der Waals surface area contributed by atoms with Crippen LogP contribution < -0.4 is 15.0 Å². The van der Waals surface area contributed by atoms with Gasteiger partial charge < -0.3 is 19.7 Å². The summed E-state index contributed by atoms with van der Waals surface area (Å²) in [5, 5.41) is 12.9. The number of fused-ring (bicyclic) bond motifs is 1. The molecular formula is C26H22N4O4S. The number of nitriles is 1. The molecule has 0 radical (unpaired) electrons. The molecule has 0 aliphatic rings. The van der Waals surface area contributed by atoms with Gasteiger partial charge in [-0.1, -0.05) is 12.1 Å². The Kier molecular flexibility index (Phi) is 7.06. The van der Waals surface area contributed by atoms with Gasteiger partial charge in [-0.2, -0.15) is 5.26 Å². The normalized spacial score (nSPS) is 10.6. The maximum Gasteiger partial charge on any atom is 0.268 e. The summed E-state index contributed by atoms with van der Waals surface area (Å²) >= 11 is 1.36. The van der Waals surface area contributed by atoms with Crippen LogP contribution in [0.5, 0.6) is 5.75 Å². The molecule has 2 heterocycles. The lowest BCUT2D eigenvalue weighted by atomic mass is 10.0. The number of aromatic nitrogens is 1. The van der Waals surface area contributed by atoms with Crippen LogP contribution in [0.3, 0.4) is 0 Å². The van der Waals surface area contributed by atoms with Crippen molar-refractivity contribution in [1.82, 2.24) is 4.98 Å². The fourth-order valence-corrected chi connectivity index (χ4v) is 4.65. The monoisotopic (exact) mass is 486 g/mol. The van der Waals surface area contributed by atoms with Crippen molar-refractivity contribution in [3.05, 3.63) is 71.4 Å². The number of nitrogens with one attached hydrogen (secondary N) is 1. The molecule has 2 aromatic heterocycles. The molecule has 4 rings (SSSR count). The van der Waals surface area contributed by atoms with E-state index >= 15 is 0 Å². The smallest absolute Gasteiger partial charge is 0.268 e. The highest BCUT2D eigenvalue weighted by Crippen LogP contribution is 2.35. The molecule has 0 fully saturated rings. The molecule has 0 aliphatic carbocycles. The van der Waals surface area contributed by atoms with Crippen molar-refractivity contribution in [3.8, 4) is 22.9 Å². The first-order valence-corrected chi connectivity index (χ1v) is 11.4. The lowest BCUT2D eigenvalue weighted by Gasteiger charge is -2.17. The van der Waals surface area contributed by atoms with Gasteiger partial charge in [-0.25, -0.2) is 0 Å². The van der Waals surface area contributed by atoms with Gasteiger partial charge in [-0.3, -0.25) is 14.6 Å². The second-order valence-corrected chi connectivity index (χ2v) is 8.71. The van der Waals surface area contributed by atoms with E-state index in [1.54, 1.807) is 37.6 Å². The predicted molar refractivity (Wildman–Crippen MR) is 136 cm³/mol. The van der Waals surface area contributed by atoms with E-state index < -0.39 is 0 Å². The van der Waals surface area contributed by atoms with Crippen molar-refractivity contribution < 1.29 is 19.1 Å². The lowest BCUT2D eigenvalue weighted by molar-refractivity contribution is -0.119. The summed E-state index contributed by atoms with van der Waals surface area (Å²) < 4.78 is 11.0. The van der Waals surface area contributed by atoms with Gasteiger partial charge in [0.2, 0.25) is 5.91 Å². The van der Waals surface area contributed by atoms with E-state index in [0.717, 1.165) is 21.2 Å². The van der Waals surface area contributed by atoms with Gasteiger partial charge >= 0.3 is 0 Å². The van der Waals surface area contributed by atoms with E-state index in [1.165, 1.54) is 30.5 Å². The topological polar surface area (TPSA) is 105 Å². The summed E-state index contributed by atoms with van der Waals surface area (Å²) in [5.74, 6) is 0.00320. The van der Waals surface area contributed by atoms with Gasteiger partial charge in [0.1, 0.15) is 18.4 Å². The second kappa shape index (κ2) is 10.3. The molecule has 2 amide bonds. The number of carbonyl (C=O) groups is 2. The molecule has 8 nitrogen and oxygen atoms in total. The van der Waals surface area contributed by atoms with Crippen molar-refractivity contribution in [2.24, 2.45) is 0 Å². The SMILES string of the molecule is COCC(=O)Nc1ccc(-c2cncc3sc(C(=O)N(C)c4ccc(C#N)c(OC)c4)cc23)cc1. The third-order valence-electron chi connectivity index (χ3n) is 5.41. The fourth-order valence-electron chi connectivity index (χ4n) is 3.62. The molecule has 0 bridgehead atoms. The van der Waals surface area contributed by atoms with Gasteiger partial charge in [0.15, 0.2) is 0 Å². The van der Waals surface area contributed by atoms with Crippen molar-refractivity contribution in [3.63, 3.8) is 0 Å². The van der Waals surface area contributed by atoms with Gasteiger partial charge in [0.25, 0.3) is 5.91 Å². The average Bonchev–Trinajstić information content (AvgIpc) is 3.32. The van der Waals surface area contributed by atoms with Crippen molar-refractivity contribution in [2.75, 3.05) is 38.1 Å². The summed E-state index contributed by atoms with van der Waals surface area (Å²) in [4.78, 5) is 31.4. The molecule has 0 spiro atoms. The minimum absolute atomic E-state index is 0.0135. The molecule has 0 unspecified atom stereocenters. The third-order valence-corrected chi connectivity index (χ3v) is 6.47. The van der Waals surface area contributed by atoms with Crippen molar-refractivity contribution in [1.29, 1.82) is 5.26 Å². The van der Waals surface area contributed by atoms with E-state index in [1.807, 2.05) is 30.3 Å². The molecule has 0 saturated carbocycles. The number of carbonyl (C=O) groups excluding carboxylic acids is 2. The maximum absolute atomic E-state index is 13.3. The lowest BCUT2D eigenvalue weighted by Crippen LogP contribution is -2.25. The second-order valence-electron chi connectivity index (χ2n) is 7.63. The Morgan fingerprint density at radius 1 is 1.11 bits per heavy atom. The van der Waals surface area contributed by atoms with Crippen LogP contribution in [0, 0.1) is 11.3 Å². The first-order valence-electron chi connectivity index (χ1n) is 10.6. The molecule has 176 valence electrons. The van der Waals surface area contributed by atoms with Gasteiger partial charge in [-0.05, 0) is 35.9 Å². The summed E-state index contributed by atoms with van der Waals surface area (Å²) in [7, 11) is 4.64. The van der Waals surface area contributed by atoms with Crippen LogP contribution in [0.4, 0.5) is 11.4 Å². The van der Waals surface area contributed by atoms with Gasteiger partial charge in [0.05, 0.1) is 22.3 Å². The number of methoxy groups -OCH3 is 2. The van der Waals surface area contributed by atoms with Gasteiger partial charge in [0, 0.05) is 54.9 Å². The molecule has 0 atom stereocenters. The maximum atomic E-state index is 13.3. The van der Waals surface area contributed by atoms with Crippen LogP contribution in [0.25, 0.3) is 21.2 Å². The molecule has 9 heteroatoms. The van der Waals surface area contributed by atoms with E-state index in [-0.39, 0.29) is 18.4 Å². The van der Waals surface area contributed by atoms with Crippen LogP contribution in [-0.2, 0) is 9.53 Å². The fraction of sp³-hybridized carbons (Fsp3) is 0.154. The Bertz CT molecular complexity index is 1440. The number of rotatable bonds is 7. The van der Waals surface area contributed by atoms with Crippen LogP contribution in [0.2, 0.25) is 0 Å². The minimum Gasteiger partial charge on any atom is -0.495 e. The Labute approximate surface area is 206 Å². The Morgan fingerprint density at radius 2 is 1.89 bits per heavy atom. The number of hydrogen-bond acceptors (Lipinski definition) is 7. The van der Waals surface area contributed by atoms with Crippen LogP contribution >= 0.6 is 11.3 Å². The van der Waals surface area contributed by atoms with Crippen LogP contribution in [0.15, 0.2) is 60.9 Å². The minimum atomic E-state index is -0.228. The standard InChI is InChI=1S/C26H22N4O4S/c1-30(19-9-6-17(12-27)22(10-19)34-3)26(32)23-11-20-21(13-28-14-24(20)35-23)16-4-7-18(8-5-16)29-25(31)15-33-2/h4-11,13-14H,15H2,1-3H3,(H,29,31). The molecule has 4 aromatic rings. The van der Waals surface area contributed by atoms with Gasteiger partial charge in [-0.15, -0.1) is 11.3 Å². The van der Waals surface area contributed by atoms with Crippen LogP contribution in [0.1, 0.15) is 15.2 Å². The number of hydrogen-bond donors (Lipinski definition) is 1. The van der Waals surface area contributed by atoms with E-state index in [0.29, 0.717) is 27.6 Å². The zero-order chi connectivity index (χ0) is 24.9. The number of amides is 2. The molecule has 0 aliphatic heterocycles. The summed E-state index contributed by atoms with van der Waals surface area (Å²) in [6.07, 6.45) is 3.50. The zero-order valence-corrected chi connectivity index (χ0v) is 20.2. The number of anilines is 2. The Morgan fingerprint density at radius 3 is 2.57 bits per heavy atom. The Hall–Kier alpha value is -4.26. The Balaban J connectivity index is 1.62. The zero-order valence-electron chi connectivity index (χ0n) is 19.4.